The van der Waals surface area contributed by atoms with E-state index < -0.39 is 0 Å². The summed E-state index contributed by atoms with van der Waals surface area (Å²) >= 11 is 0. The summed E-state index contributed by atoms with van der Waals surface area (Å²) in [6, 6.07) is 0.426. The molecule has 2 saturated heterocycles. The van der Waals surface area contributed by atoms with Gasteiger partial charge in [-0.25, -0.2) is 0 Å². The maximum absolute atomic E-state index is 12.8. The molecule has 5 nitrogen and oxygen atoms in total. The normalized spacial score (nSPS) is 25.0. The summed E-state index contributed by atoms with van der Waals surface area (Å²) in [5, 5.41) is 7.62. The molecule has 1 aromatic rings. The van der Waals surface area contributed by atoms with Crippen LogP contribution < -0.4 is 0 Å². The molecule has 5 heteroatoms. The fraction of sp³-hybridized carbons (Fsp3) is 0.778. The van der Waals surface area contributed by atoms with Gasteiger partial charge in [-0.2, -0.15) is 5.10 Å². The van der Waals surface area contributed by atoms with Gasteiger partial charge >= 0.3 is 0 Å². The number of hydrogen-bond donors (Lipinski definition) is 1. The van der Waals surface area contributed by atoms with E-state index in [1.54, 1.807) is 0 Å². The van der Waals surface area contributed by atoms with Gasteiger partial charge in [0.1, 0.15) is 0 Å². The molecule has 3 heterocycles. The Balaban J connectivity index is 1.40. The lowest BCUT2D eigenvalue weighted by atomic mass is 9.95. The Labute approximate surface area is 138 Å². The van der Waals surface area contributed by atoms with Gasteiger partial charge in [0.05, 0.1) is 12.1 Å². The van der Waals surface area contributed by atoms with Crippen LogP contribution in [0.5, 0.6) is 0 Å². The summed E-state index contributed by atoms with van der Waals surface area (Å²) in [6.07, 6.45) is 10.1. The van der Waals surface area contributed by atoms with Crippen molar-refractivity contribution in [3.8, 4) is 0 Å². The lowest BCUT2D eigenvalue weighted by molar-refractivity contribution is -0.131. The number of aromatic nitrogens is 2. The summed E-state index contributed by atoms with van der Waals surface area (Å²) in [5.41, 5.74) is 3.62. The molecule has 1 amide bonds. The van der Waals surface area contributed by atoms with E-state index >= 15 is 0 Å². The van der Waals surface area contributed by atoms with E-state index in [2.05, 4.69) is 20.0 Å². The van der Waals surface area contributed by atoms with Crippen LogP contribution in [0.15, 0.2) is 0 Å². The number of H-pyrrole nitrogens is 1. The highest BCUT2D eigenvalue weighted by molar-refractivity contribution is 5.79. The average molecular weight is 316 g/mol. The van der Waals surface area contributed by atoms with Crippen molar-refractivity contribution in [1.29, 1.82) is 0 Å². The van der Waals surface area contributed by atoms with Crippen molar-refractivity contribution in [3.05, 3.63) is 17.0 Å². The maximum atomic E-state index is 12.8. The molecule has 1 aromatic heterocycles. The van der Waals surface area contributed by atoms with Gasteiger partial charge < -0.3 is 9.80 Å². The molecule has 0 saturated carbocycles. The fourth-order valence-electron chi connectivity index (χ4n) is 4.56. The van der Waals surface area contributed by atoms with Gasteiger partial charge in [-0.15, -0.1) is 0 Å². The lowest BCUT2D eigenvalue weighted by Gasteiger charge is -2.28. The Morgan fingerprint density at radius 1 is 1.09 bits per heavy atom. The highest BCUT2D eigenvalue weighted by atomic mass is 16.2. The second-order valence-electron chi connectivity index (χ2n) is 7.40. The highest BCUT2D eigenvalue weighted by Crippen LogP contribution is 2.25. The van der Waals surface area contributed by atoms with Crippen molar-refractivity contribution < 1.29 is 4.79 Å². The first-order chi connectivity index (χ1) is 11.3. The zero-order valence-corrected chi connectivity index (χ0v) is 14.0. The number of fused-ring (bicyclic) bond motifs is 1. The number of hydrogen-bond acceptors (Lipinski definition) is 3. The van der Waals surface area contributed by atoms with Crippen molar-refractivity contribution in [2.45, 2.75) is 63.8 Å². The van der Waals surface area contributed by atoms with E-state index in [1.165, 1.54) is 56.5 Å². The minimum absolute atomic E-state index is 0.284. The van der Waals surface area contributed by atoms with Crippen LogP contribution >= 0.6 is 0 Å². The summed E-state index contributed by atoms with van der Waals surface area (Å²) in [6.45, 7) is 4.44. The zero-order chi connectivity index (χ0) is 15.6. The molecule has 1 atom stereocenters. The summed E-state index contributed by atoms with van der Waals surface area (Å²) < 4.78 is 0. The average Bonchev–Trinajstić information content (AvgIpc) is 3.29. The number of likely N-dealkylation sites (tertiary alicyclic amines) is 2. The summed E-state index contributed by atoms with van der Waals surface area (Å²) in [4.78, 5) is 17.5. The molecule has 0 radical (unpaired) electrons. The molecule has 4 rings (SSSR count). The van der Waals surface area contributed by atoms with Gasteiger partial charge in [-0.05, 0) is 70.0 Å². The molecule has 2 fully saturated rings. The third kappa shape index (κ3) is 3.16. The lowest BCUT2D eigenvalue weighted by Crippen LogP contribution is -2.43. The minimum Gasteiger partial charge on any atom is -0.338 e. The number of nitrogens with zero attached hydrogens (tertiary/aromatic N) is 3. The molecule has 2 aliphatic heterocycles. The molecular formula is C18H28N4O. The van der Waals surface area contributed by atoms with Gasteiger partial charge in [0, 0.05) is 24.8 Å². The number of carbonyl (C=O) groups is 1. The topological polar surface area (TPSA) is 52.2 Å². The van der Waals surface area contributed by atoms with Crippen LogP contribution in [-0.2, 0) is 24.1 Å². The number of amides is 1. The standard InChI is InChI=1S/C18H28N4O/c23-18(12-17-15-7-1-2-8-16(15)19-20-17)22-11-5-6-14(22)13-21-9-3-4-10-21/h14H,1-13H2,(H,19,20). The van der Waals surface area contributed by atoms with E-state index in [0.717, 1.165) is 38.0 Å². The van der Waals surface area contributed by atoms with Gasteiger partial charge in [0.25, 0.3) is 0 Å². The molecule has 3 aliphatic rings. The van der Waals surface area contributed by atoms with E-state index in [4.69, 9.17) is 0 Å². The van der Waals surface area contributed by atoms with Crippen LogP contribution in [0, 0.1) is 0 Å². The van der Waals surface area contributed by atoms with Crippen molar-refractivity contribution in [1.82, 2.24) is 20.0 Å². The molecular weight excluding hydrogens is 288 g/mol. The van der Waals surface area contributed by atoms with Crippen LogP contribution in [-0.4, -0.2) is 58.1 Å². The maximum Gasteiger partial charge on any atom is 0.228 e. The third-order valence-corrected chi connectivity index (χ3v) is 5.83. The summed E-state index contributed by atoms with van der Waals surface area (Å²) in [7, 11) is 0. The van der Waals surface area contributed by atoms with Crippen molar-refractivity contribution in [2.24, 2.45) is 0 Å². The molecule has 1 N–H and O–H groups in total. The minimum atomic E-state index is 0.284. The van der Waals surface area contributed by atoms with E-state index in [0.29, 0.717) is 12.5 Å². The molecule has 1 aliphatic carbocycles. The predicted octanol–water partition coefficient (Wildman–Crippen LogP) is 1.92. The second kappa shape index (κ2) is 6.63. The Morgan fingerprint density at radius 3 is 2.78 bits per heavy atom. The fourth-order valence-corrected chi connectivity index (χ4v) is 4.56. The van der Waals surface area contributed by atoms with Crippen molar-refractivity contribution in [2.75, 3.05) is 26.2 Å². The van der Waals surface area contributed by atoms with Gasteiger partial charge in [-0.1, -0.05) is 0 Å². The highest BCUT2D eigenvalue weighted by Gasteiger charge is 2.31. The second-order valence-corrected chi connectivity index (χ2v) is 7.40. The van der Waals surface area contributed by atoms with E-state index in [-0.39, 0.29) is 5.91 Å². The molecule has 0 aromatic carbocycles. The Kier molecular flexibility index (Phi) is 4.38. The number of aryl methyl sites for hydroxylation is 1. The Morgan fingerprint density at radius 2 is 1.91 bits per heavy atom. The molecule has 1 unspecified atom stereocenters. The number of aromatic amines is 1. The predicted molar refractivity (Wildman–Crippen MR) is 89.3 cm³/mol. The third-order valence-electron chi connectivity index (χ3n) is 5.83. The van der Waals surface area contributed by atoms with Crippen molar-refractivity contribution in [3.63, 3.8) is 0 Å². The molecule has 0 bridgehead atoms. The molecule has 126 valence electrons. The zero-order valence-electron chi connectivity index (χ0n) is 14.0. The molecule has 0 spiro atoms. The number of carbonyl (C=O) groups excluding carboxylic acids is 1. The largest absolute Gasteiger partial charge is 0.338 e. The van der Waals surface area contributed by atoms with Crippen LogP contribution in [0.3, 0.4) is 0 Å². The Hall–Kier alpha value is -1.36. The van der Waals surface area contributed by atoms with E-state index in [9.17, 15) is 4.79 Å². The van der Waals surface area contributed by atoms with Gasteiger partial charge in [-0.3, -0.25) is 9.89 Å². The van der Waals surface area contributed by atoms with Crippen LogP contribution in [0.25, 0.3) is 0 Å². The van der Waals surface area contributed by atoms with Gasteiger partial charge in [0.2, 0.25) is 5.91 Å². The van der Waals surface area contributed by atoms with Crippen LogP contribution in [0.4, 0.5) is 0 Å². The summed E-state index contributed by atoms with van der Waals surface area (Å²) in [5.74, 6) is 0.284. The smallest absolute Gasteiger partial charge is 0.228 e. The quantitative estimate of drug-likeness (QED) is 0.923. The number of nitrogens with one attached hydrogen (secondary N) is 1. The first kappa shape index (κ1) is 15.2. The van der Waals surface area contributed by atoms with Gasteiger partial charge in [0.15, 0.2) is 0 Å². The van der Waals surface area contributed by atoms with Crippen LogP contribution in [0.2, 0.25) is 0 Å². The first-order valence-corrected chi connectivity index (χ1v) is 9.38. The Bertz CT molecular complexity index is 561. The number of rotatable bonds is 4. The SMILES string of the molecule is O=C(Cc1n[nH]c2c1CCCC2)N1CCCC1CN1CCCC1. The van der Waals surface area contributed by atoms with Crippen LogP contribution in [0.1, 0.15) is 55.5 Å². The first-order valence-electron chi connectivity index (χ1n) is 9.38. The monoisotopic (exact) mass is 316 g/mol. The van der Waals surface area contributed by atoms with Crippen molar-refractivity contribution >= 4 is 5.91 Å². The molecule has 23 heavy (non-hydrogen) atoms. The van der Waals surface area contributed by atoms with E-state index in [1.807, 2.05) is 0 Å².